The predicted octanol–water partition coefficient (Wildman–Crippen LogP) is 2.92. The summed E-state index contributed by atoms with van der Waals surface area (Å²) in [6.45, 7) is 14.3. The molecule has 1 N–H and O–H groups in total. The van der Waals surface area contributed by atoms with E-state index in [4.69, 9.17) is 0 Å². The van der Waals surface area contributed by atoms with Crippen LogP contribution < -0.4 is 5.32 Å². The van der Waals surface area contributed by atoms with Gasteiger partial charge in [0.15, 0.2) is 0 Å². The second-order valence-corrected chi connectivity index (χ2v) is 5.49. The van der Waals surface area contributed by atoms with Crippen molar-refractivity contribution in [3.05, 3.63) is 18.0 Å². The van der Waals surface area contributed by atoms with Crippen molar-refractivity contribution in [1.82, 2.24) is 15.1 Å². The number of aromatic nitrogens is 2. The highest BCUT2D eigenvalue weighted by Gasteiger charge is 2.16. The Labute approximate surface area is 106 Å². The van der Waals surface area contributed by atoms with E-state index in [9.17, 15) is 0 Å². The van der Waals surface area contributed by atoms with Crippen LogP contribution in [0.3, 0.4) is 0 Å². The van der Waals surface area contributed by atoms with E-state index in [-0.39, 0.29) is 0 Å². The molecule has 0 aromatic carbocycles. The van der Waals surface area contributed by atoms with Crippen molar-refractivity contribution in [2.45, 2.75) is 47.7 Å². The molecule has 17 heavy (non-hydrogen) atoms. The van der Waals surface area contributed by atoms with Crippen molar-refractivity contribution >= 4 is 0 Å². The molecule has 98 valence electrons. The van der Waals surface area contributed by atoms with Gasteiger partial charge >= 0.3 is 0 Å². The van der Waals surface area contributed by atoms with Crippen molar-refractivity contribution in [3.8, 4) is 0 Å². The number of rotatable bonds is 7. The fraction of sp³-hybridized carbons (Fsp3) is 0.786. The van der Waals surface area contributed by atoms with Gasteiger partial charge in [0, 0.05) is 24.8 Å². The van der Waals surface area contributed by atoms with Gasteiger partial charge in [0.2, 0.25) is 0 Å². The van der Waals surface area contributed by atoms with Crippen LogP contribution in [0, 0.1) is 17.8 Å². The molecule has 0 radical (unpaired) electrons. The van der Waals surface area contributed by atoms with E-state index in [0.717, 1.165) is 37.4 Å². The van der Waals surface area contributed by atoms with E-state index in [1.54, 1.807) is 0 Å². The summed E-state index contributed by atoms with van der Waals surface area (Å²) in [6, 6.07) is 0. The van der Waals surface area contributed by atoms with Gasteiger partial charge in [-0.25, -0.2) is 0 Å². The smallest absolute Gasteiger partial charge is 0.0534 e. The zero-order valence-electron chi connectivity index (χ0n) is 11.9. The summed E-state index contributed by atoms with van der Waals surface area (Å²) >= 11 is 0. The molecule has 3 nitrogen and oxygen atoms in total. The molecule has 0 bridgehead atoms. The third kappa shape index (κ3) is 4.50. The highest BCUT2D eigenvalue weighted by atomic mass is 15.3. The average molecular weight is 237 g/mol. The van der Waals surface area contributed by atoms with E-state index in [1.807, 2.05) is 10.9 Å². The number of hydrogen-bond donors (Lipinski definition) is 1. The molecule has 0 atom stereocenters. The fourth-order valence-corrected chi connectivity index (χ4v) is 2.29. The summed E-state index contributed by atoms with van der Waals surface area (Å²) in [5, 5.41) is 7.83. The van der Waals surface area contributed by atoms with Crippen molar-refractivity contribution in [2.75, 3.05) is 6.54 Å². The number of aryl methyl sites for hydroxylation is 1. The highest BCUT2D eigenvalue weighted by molar-refractivity contribution is 5.03. The molecule has 1 rings (SSSR count). The van der Waals surface area contributed by atoms with Gasteiger partial charge in [0.05, 0.1) is 6.20 Å². The zero-order valence-corrected chi connectivity index (χ0v) is 11.9. The van der Waals surface area contributed by atoms with Crippen LogP contribution in [-0.4, -0.2) is 16.3 Å². The second-order valence-electron chi connectivity index (χ2n) is 5.49. The minimum absolute atomic E-state index is 0.737. The first kappa shape index (κ1) is 14.2. The lowest BCUT2D eigenvalue weighted by Crippen LogP contribution is -2.29. The SMILES string of the molecule is CCn1cc(CNCC(C(C)C)C(C)C)cn1. The first-order valence-corrected chi connectivity index (χ1v) is 6.76. The van der Waals surface area contributed by atoms with E-state index < -0.39 is 0 Å². The van der Waals surface area contributed by atoms with Gasteiger partial charge in [0.25, 0.3) is 0 Å². The van der Waals surface area contributed by atoms with E-state index in [0.29, 0.717) is 0 Å². The molecule has 1 aromatic rings. The maximum absolute atomic E-state index is 4.28. The molecule has 0 aliphatic rings. The minimum atomic E-state index is 0.737. The van der Waals surface area contributed by atoms with Gasteiger partial charge in [0.1, 0.15) is 0 Å². The van der Waals surface area contributed by atoms with Crippen molar-refractivity contribution in [3.63, 3.8) is 0 Å². The Morgan fingerprint density at radius 1 is 1.24 bits per heavy atom. The molecule has 0 fully saturated rings. The van der Waals surface area contributed by atoms with Crippen molar-refractivity contribution in [2.24, 2.45) is 17.8 Å². The molecule has 0 spiro atoms. The monoisotopic (exact) mass is 237 g/mol. The number of nitrogens with zero attached hydrogens (tertiary/aromatic N) is 2. The van der Waals surface area contributed by atoms with Crippen LogP contribution in [0.5, 0.6) is 0 Å². The summed E-state index contributed by atoms with van der Waals surface area (Å²) in [4.78, 5) is 0. The first-order chi connectivity index (χ1) is 8.04. The van der Waals surface area contributed by atoms with Crippen LogP contribution >= 0.6 is 0 Å². The van der Waals surface area contributed by atoms with Gasteiger partial charge in [-0.05, 0) is 31.2 Å². The summed E-state index contributed by atoms with van der Waals surface area (Å²) in [7, 11) is 0. The van der Waals surface area contributed by atoms with Crippen LogP contribution in [0.4, 0.5) is 0 Å². The Kier molecular flexibility index (Phi) is 5.69. The van der Waals surface area contributed by atoms with E-state index in [1.165, 1.54) is 5.56 Å². The second kappa shape index (κ2) is 6.80. The molecule has 0 saturated heterocycles. The van der Waals surface area contributed by atoms with Crippen LogP contribution in [0.2, 0.25) is 0 Å². The van der Waals surface area contributed by atoms with Crippen LogP contribution in [-0.2, 0) is 13.1 Å². The van der Waals surface area contributed by atoms with Gasteiger partial charge in [-0.15, -0.1) is 0 Å². The van der Waals surface area contributed by atoms with Gasteiger partial charge < -0.3 is 5.32 Å². The lowest BCUT2D eigenvalue weighted by molar-refractivity contribution is 0.275. The predicted molar refractivity (Wildman–Crippen MR) is 72.8 cm³/mol. The third-order valence-corrected chi connectivity index (χ3v) is 3.43. The molecule has 0 aliphatic heterocycles. The lowest BCUT2D eigenvalue weighted by Gasteiger charge is -2.25. The molecule has 0 unspecified atom stereocenters. The number of nitrogens with one attached hydrogen (secondary N) is 1. The third-order valence-electron chi connectivity index (χ3n) is 3.43. The van der Waals surface area contributed by atoms with Crippen LogP contribution in [0.25, 0.3) is 0 Å². The number of hydrogen-bond acceptors (Lipinski definition) is 2. The molecular formula is C14H27N3. The Hall–Kier alpha value is -0.830. The Bertz CT molecular complexity index is 307. The lowest BCUT2D eigenvalue weighted by atomic mass is 9.85. The van der Waals surface area contributed by atoms with Crippen molar-refractivity contribution in [1.29, 1.82) is 0 Å². The molecule has 0 aliphatic carbocycles. The molecular weight excluding hydrogens is 210 g/mol. The average Bonchev–Trinajstić information content (AvgIpc) is 2.71. The maximum Gasteiger partial charge on any atom is 0.0534 e. The maximum atomic E-state index is 4.28. The molecule has 1 heterocycles. The zero-order chi connectivity index (χ0) is 12.8. The van der Waals surface area contributed by atoms with Gasteiger partial charge in [-0.2, -0.15) is 5.10 Å². The standard InChI is InChI=1S/C14H27N3/c1-6-17-10-13(8-16-17)7-15-9-14(11(2)3)12(4)5/h8,10-12,14-15H,6-7,9H2,1-5H3. The highest BCUT2D eigenvalue weighted by Crippen LogP contribution is 2.19. The summed E-state index contributed by atoms with van der Waals surface area (Å²) in [5.74, 6) is 2.22. The van der Waals surface area contributed by atoms with Gasteiger partial charge in [-0.1, -0.05) is 27.7 Å². The largest absolute Gasteiger partial charge is 0.312 e. The molecule has 0 amide bonds. The van der Waals surface area contributed by atoms with Crippen LogP contribution in [0.1, 0.15) is 40.2 Å². The van der Waals surface area contributed by atoms with E-state index >= 15 is 0 Å². The Balaban J connectivity index is 2.35. The first-order valence-electron chi connectivity index (χ1n) is 6.76. The normalized spacial score (nSPS) is 12.0. The van der Waals surface area contributed by atoms with Crippen molar-refractivity contribution < 1.29 is 0 Å². The quantitative estimate of drug-likeness (QED) is 0.790. The summed E-state index contributed by atoms with van der Waals surface area (Å²) in [5.41, 5.74) is 1.28. The Morgan fingerprint density at radius 3 is 2.35 bits per heavy atom. The fourth-order valence-electron chi connectivity index (χ4n) is 2.29. The van der Waals surface area contributed by atoms with Gasteiger partial charge in [-0.3, -0.25) is 4.68 Å². The summed E-state index contributed by atoms with van der Waals surface area (Å²) < 4.78 is 1.97. The molecule has 3 heteroatoms. The van der Waals surface area contributed by atoms with Crippen LogP contribution in [0.15, 0.2) is 12.4 Å². The summed E-state index contributed by atoms with van der Waals surface area (Å²) in [6.07, 6.45) is 4.07. The minimum Gasteiger partial charge on any atom is -0.312 e. The molecule has 1 aromatic heterocycles. The molecule has 0 saturated carbocycles. The topological polar surface area (TPSA) is 29.9 Å². The Morgan fingerprint density at radius 2 is 1.88 bits per heavy atom. The van der Waals surface area contributed by atoms with E-state index in [2.05, 4.69) is 51.2 Å².